The Labute approximate surface area is 139 Å². The zero-order valence-corrected chi connectivity index (χ0v) is 13.6. The molecule has 24 heavy (non-hydrogen) atoms. The summed E-state index contributed by atoms with van der Waals surface area (Å²) in [5.74, 6) is -1.06. The van der Waals surface area contributed by atoms with Crippen molar-refractivity contribution in [3.63, 3.8) is 0 Å². The first kappa shape index (κ1) is 17.5. The highest BCUT2D eigenvalue weighted by molar-refractivity contribution is 7.90. The van der Waals surface area contributed by atoms with Gasteiger partial charge < -0.3 is 9.47 Å². The highest BCUT2D eigenvalue weighted by Crippen LogP contribution is 2.13. The Kier molecular flexibility index (Phi) is 5.54. The zero-order valence-electron chi connectivity index (χ0n) is 12.8. The molecule has 2 aromatic rings. The van der Waals surface area contributed by atoms with Crippen LogP contribution >= 0.6 is 0 Å². The Bertz CT molecular complexity index is 833. The molecule has 7 nitrogen and oxygen atoms in total. The normalized spacial score (nSPS) is 10.7. The monoisotopic (exact) mass is 349 g/mol. The quantitative estimate of drug-likeness (QED) is 0.791. The second-order valence-corrected chi connectivity index (χ2v) is 6.33. The van der Waals surface area contributed by atoms with E-state index in [1.54, 1.807) is 30.3 Å². The Morgan fingerprint density at radius 3 is 2.42 bits per heavy atom. The van der Waals surface area contributed by atoms with Crippen molar-refractivity contribution >= 4 is 21.9 Å². The number of esters is 1. The number of hydrogen-bond donors (Lipinski definition) is 1. The maximum absolute atomic E-state index is 12.2. The summed E-state index contributed by atoms with van der Waals surface area (Å²) in [6.45, 7) is -0.458. The molecule has 0 bridgehead atoms. The van der Waals surface area contributed by atoms with Gasteiger partial charge in [0.1, 0.15) is 5.75 Å². The second kappa shape index (κ2) is 7.60. The van der Waals surface area contributed by atoms with E-state index in [-0.39, 0.29) is 10.5 Å². The van der Waals surface area contributed by atoms with Crippen LogP contribution in [0.25, 0.3) is 0 Å². The summed E-state index contributed by atoms with van der Waals surface area (Å²) in [7, 11) is -2.93. The summed E-state index contributed by atoms with van der Waals surface area (Å²) >= 11 is 0. The van der Waals surface area contributed by atoms with E-state index in [2.05, 4.69) is 4.74 Å². The molecule has 0 saturated heterocycles. The minimum Gasteiger partial charge on any atom is -0.484 e. The van der Waals surface area contributed by atoms with Crippen molar-refractivity contribution in [2.24, 2.45) is 0 Å². The summed E-state index contributed by atoms with van der Waals surface area (Å²) < 4.78 is 35.9. The van der Waals surface area contributed by atoms with Crippen molar-refractivity contribution in [3.05, 3.63) is 60.2 Å². The van der Waals surface area contributed by atoms with Gasteiger partial charge in [-0.3, -0.25) is 4.79 Å². The van der Waals surface area contributed by atoms with Gasteiger partial charge in [-0.2, -0.15) is 0 Å². The first-order chi connectivity index (χ1) is 11.4. The van der Waals surface area contributed by atoms with E-state index >= 15 is 0 Å². The lowest BCUT2D eigenvalue weighted by Crippen LogP contribution is -2.34. The molecule has 0 aromatic heterocycles. The minimum absolute atomic E-state index is 0.0633. The van der Waals surface area contributed by atoms with Gasteiger partial charge in [0.15, 0.2) is 6.61 Å². The molecule has 0 heterocycles. The van der Waals surface area contributed by atoms with Gasteiger partial charge in [-0.1, -0.05) is 24.3 Å². The first-order valence-corrected chi connectivity index (χ1v) is 8.32. The van der Waals surface area contributed by atoms with Crippen molar-refractivity contribution in [2.75, 3.05) is 13.7 Å². The molecule has 0 aliphatic rings. The average molecular weight is 349 g/mol. The minimum atomic E-state index is -4.12. The summed E-state index contributed by atoms with van der Waals surface area (Å²) in [6.07, 6.45) is 0. The smallest absolute Gasteiger partial charge is 0.337 e. The lowest BCUT2D eigenvalue weighted by atomic mass is 10.2. The maximum atomic E-state index is 12.2. The Balaban J connectivity index is 2.05. The number of rotatable bonds is 6. The van der Waals surface area contributed by atoms with E-state index in [0.717, 1.165) is 6.07 Å². The molecule has 0 aliphatic heterocycles. The van der Waals surface area contributed by atoms with Gasteiger partial charge in [0, 0.05) is 0 Å². The predicted molar refractivity (Wildman–Crippen MR) is 85.0 cm³/mol. The van der Waals surface area contributed by atoms with Crippen LogP contribution in [-0.2, 0) is 19.6 Å². The number of carbonyl (C=O) groups is 2. The number of hydrogen-bond acceptors (Lipinski definition) is 6. The fraction of sp³-hybridized carbons (Fsp3) is 0.125. The Morgan fingerprint density at radius 1 is 1.04 bits per heavy atom. The molecular formula is C16H15NO6S. The van der Waals surface area contributed by atoms with Crippen LogP contribution in [0.3, 0.4) is 0 Å². The SMILES string of the molecule is COC(=O)c1cccc(S(=O)(=O)NC(=O)COc2ccccc2)c1. The second-order valence-electron chi connectivity index (χ2n) is 4.65. The number of ether oxygens (including phenoxy) is 2. The number of para-hydroxylation sites is 1. The van der Waals surface area contributed by atoms with Gasteiger partial charge in [0.25, 0.3) is 15.9 Å². The molecule has 0 fully saturated rings. The molecule has 0 spiro atoms. The summed E-state index contributed by atoms with van der Waals surface area (Å²) in [6, 6.07) is 13.7. The summed E-state index contributed by atoms with van der Waals surface area (Å²) in [5.41, 5.74) is 0.0633. The summed E-state index contributed by atoms with van der Waals surface area (Å²) in [5, 5.41) is 0. The number of sulfonamides is 1. The third kappa shape index (κ3) is 4.56. The molecule has 0 radical (unpaired) electrons. The highest BCUT2D eigenvalue weighted by Gasteiger charge is 2.19. The molecule has 8 heteroatoms. The van der Waals surface area contributed by atoms with Crippen LogP contribution in [0.2, 0.25) is 0 Å². The largest absolute Gasteiger partial charge is 0.484 e. The van der Waals surface area contributed by atoms with E-state index in [4.69, 9.17) is 4.74 Å². The highest BCUT2D eigenvalue weighted by atomic mass is 32.2. The molecule has 1 N–H and O–H groups in total. The lowest BCUT2D eigenvalue weighted by molar-refractivity contribution is -0.121. The summed E-state index contributed by atoms with van der Waals surface area (Å²) in [4.78, 5) is 23.0. The zero-order chi connectivity index (χ0) is 17.6. The fourth-order valence-electron chi connectivity index (χ4n) is 1.81. The molecule has 0 aliphatic carbocycles. The molecule has 2 aromatic carbocycles. The van der Waals surface area contributed by atoms with Crippen LogP contribution in [0.15, 0.2) is 59.5 Å². The van der Waals surface area contributed by atoms with Gasteiger partial charge in [-0.15, -0.1) is 0 Å². The number of carbonyl (C=O) groups excluding carboxylic acids is 2. The van der Waals surface area contributed by atoms with Crippen LogP contribution in [-0.4, -0.2) is 34.0 Å². The van der Waals surface area contributed by atoms with Crippen LogP contribution in [0, 0.1) is 0 Å². The van der Waals surface area contributed by atoms with Crippen LogP contribution < -0.4 is 9.46 Å². The molecule has 0 unspecified atom stereocenters. The van der Waals surface area contributed by atoms with Crippen molar-refractivity contribution < 1.29 is 27.5 Å². The van der Waals surface area contributed by atoms with Crippen LogP contribution in [0.1, 0.15) is 10.4 Å². The van der Waals surface area contributed by atoms with Gasteiger partial charge >= 0.3 is 5.97 Å². The van der Waals surface area contributed by atoms with E-state index in [9.17, 15) is 18.0 Å². The Hall–Kier alpha value is -2.87. The molecule has 0 saturated carbocycles. The number of amides is 1. The third-order valence-electron chi connectivity index (χ3n) is 2.93. The van der Waals surface area contributed by atoms with Crippen LogP contribution in [0.5, 0.6) is 5.75 Å². The third-order valence-corrected chi connectivity index (χ3v) is 4.30. The van der Waals surface area contributed by atoms with Crippen molar-refractivity contribution in [2.45, 2.75) is 4.90 Å². The molecule has 2 rings (SSSR count). The van der Waals surface area contributed by atoms with Crippen LogP contribution in [0.4, 0.5) is 0 Å². The number of nitrogens with one attached hydrogen (secondary N) is 1. The van der Waals surface area contributed by atoms with E-state index in [1.165, 1.54) is 25.3 Å². The molecule has 126 valence electrons. The topological polar surface area (TPSA) is 98.8 Å². The van der Waals surface area contributed by atoms with Gasteiger partial charge in [0.2, 0.25) is 0 Å². The van der Waals surface area contributed by atoms with Gasteiger partial charge in [-0.25, -0.2) is 17.9 Å². The predicted octanol–water partition coefficient (Wildman–Crippen LogP) is 1.36. The van der Waals surface area contributed by atoms with E-state index in [1.807, 2.05) is 4.72 Å². The van der Waals surface area contributed by atoms with Gasteiger partial charge in [0.05, 0.1) is 17.6 Å². The van der Waals surface area contributed by atoms with E-state index < -0.39 is 28.5 Å². The molecule has 0 atom stereocenters. The van der Waals surface area contributed by atoms with Crippen molar-refractivity contribution in [3.8, 4) is 5.75 Å². The Morgan fingerprint density at radius 2 is 1.75 bits per heavy atom. The average Bonchev–Trinajstić information content (AvgIpc) is 2.60. The van der Waals surface area contributed by atoms with Crippen molar-refractivity contribution in [1.29, 1.82) is 0 Å². The molecular weight excluding hydrogens is 334 g/mol. The van der Waals surface area contributed by atoms with E-state index in [0.29, 0.717) is 5.75 Å². The van der Waals surface area contributed by atoms with Crippen molar-refractivity contribution in [1.82, 2.24) is 4.72 Å². The number of benzene rings is 2. The first-order valence-electron chi connectivity index (χ1n) is 6.84. The lowest BCUT2D eigenvalue weighted by Gasteiger charge is -2.09. The fourth-order valence-corrected chi connectivity index (χ4v) is 2.83. The standard InChI is InChI=1S/C16H15NO6S/c1-22-16(19)12-6-5-9-14(10-12)24(20,21)17-15(18)11-23-13-7-3-2-4-8-13/h2-10H,11H2,1H3,(H,17,18). The van der Waals surface area contributed by atoms with Gasteiger partial charge in [-0.05, 0) is 30.3 Å². The molecule has 1 amide bonds. The number of methoxy groups -OCH3 is 1. The maximum Gasteiger partial charge on any atom is 0.337 e.